The Hall–Kier alpha value is -1.68. The normalized spacial score (nSPS) is 10.2. The third kappa shape index (κ3) is 2.41. The summed E-state index contributed by atoms with van der Waals surface area (Å²) in [6, 6.07) is 7.35. The first-order valence-electron chi connectivity index (χ1n) is 4.33. The number of nitrogens with zero attached hydrogens (tertiary/aromatic N) is 1. The third-order valence-corrected chi connectivity index (χ3v) is 2.09. The number of hydrogen-bond acceptors (Lipinski definition) is 4. The number of oxazole rings is 1. The van der Waals surface area contributed by atoms with Crippen molar-refractivity contribution in [3.05, 3.63) is 41.2 Å². The predicted octanol–water partition coefficient (Wildman–Crippen LogP) is 2.49. The van der Waals surface area contributed by atoms with Gasteiger partial charge in [0.05, 0.1) is 11.2 Å². The Labute approximate surface area is 91.6 Å². The van der Waals surface area contributed by atoms with Gasteiger partial charge >= 0.3 is 0 Å². The van der Waals surface area contributed by atoms with Crippen LogP contribution in [0.15, 0.2) is 34.9 Å². The van der Waals surface area contributed by atoms with Crippen molar-refractivity contribution in [1.29, 1.82) is 0 Å². The van der Waals surface area contributed by atoms with Gasteiger partial charge in [0.25, 0.3) is 6.01 Å². The van der Waals surface area contributed by atoms with E-state index in [1.54, 1.807) is 12.1 Å². The van der Waals surface area contributed by atoms with Crippen molar-refractivity contribution in [2.75, 3.05) is 5.73 Å². The number of aromatic nitrogens is 1. The van der Waals surface area contributed by atoms with Gasteiger partial charge in [0, 0.05) is 0 Å². The molecule has 1 heterocycles. The highest BCUT2D eigenvalue weighted by molar-refractivity contribution is 6.32. The molecule has 1 aromatic heterocycles. The lowest BCUT2D eigenvalue weighted by atomic mass is 10.3. The molecule has 78 valence electrons. The van der Waals surface area contributed by atoms with Crippen LogP contribution in [0, 0.1) is 0 Å². The highest BCUT2D eigenvalue weighted by Gasteiger charge is 2.03. The van der Waals surface area contributed by atoms with Crippen molar-refractivity contribution in [3.63, 3.8) is 0 Å². The number of nitrogens with two attached hydrogens (primary N) is 1. The average Bonchev–Trinajstić information content (AvgIpc) is 2.63. The van der Waals surface area contributed by atoms with E-state index >= 15 is 0 Å². The minimum Gasteiger partial charge on any atom is -0.484 e. The van der Waals surface area contributed by atoms with Crippen molar-refractivity contribution >= 4 is 17.6 Å². The molecule has 4 nitrogen and oxygen atoms in total. The molecule has 5 heteroatoms. The second-order valence-corrected chi connectivity index (χ2v) is 3.29. The predicted molar refractivity (Wildman–Crippen MR) is 56.7 cm³/mol. The number of anilines is 1. The lowest BCUT2D eigenvalue weighted by molar-refractivity contribution is 0.272. The van der Waals surface area contributed by atoms with E-state index in [0.29, 0.717) is 16.5 Å². The Morgan fingerprint density at radius 2 is 2.20 bits per heavy atom. The summed E-state index contributed by atoms with van der Waals surface area (Å²) in [5.41, 5.74) is 5.32. The van der Waals surface area contributed by atoms with E-state index in [2.05, 4.69) is 4.98 Å². The Morgan fingerprint density at radius 3 is 2.87 bits per heavy atom. The van der Waals surface area contributed by atoms with Crippen molar-refractivity contribution in [3.8, 4) is 5.75 Å². The fraction of sp³-hybridized carbons (Fsp3) is 0.100. The molecule has 0 radical (unpaired) electrons. The van der Waals surface area contributed by atoms with E-state index in [9.17, 15) is 0 Å². The van der Waals surface area contributed by atoms with Crippen LogP contribution >= 0.6 is 11.6 Å². The number of ether oxygens (including phenoxy) is 1. The van der Waals surface area contributed by atoms with Gasteiger partial charge in [-0.1, -0.05) is 23.7 Å². The van der Waals surface area contributed by atoms with Crippen LogP contribution in [0.1, 0.15) is 5.76 Å². The summed E-state index contributed by atoms with van der Waals surface area (Å²) < 4.78 is 10.5. The summed E-state index contributed by atoms with van der Waals surface area (Å²) in [7, 11) is 0. The molecule has 0 saturated heterocycles. The standard InChI is InChI=1S/C10H9ClN2O2/c11-8-3-1-2-4-9(8)14-6-7-5-13-10(12)15-7/h1-5H,6H2,(H2,12,13). The van der Waals surface area contributed by atoms with Gasteiger partial charge in [0.15, 0.2) is 5.76 Å². The van der Waals surface area contributed by atoms with Crippen LogP contribution < -0.4 is 10.5 Å². The second kappa shape index (κ2) is 4.23. The lowest BCUT2D eigenvalue weighted by Gasteiger charge is -2.04. The first kappa shape index (κ1) is 9.86. The Bertz CT molecular complexity index is 456. The molecule has 15 heavy (non-hydrogen) atoms. The number of benzene rings is 1. The summed E-state index contributed by atoms with van der Waals surface area (Å²) >= 11 is 5.90. The fourth-order valence-electron chi connectivity index (χ4n) is 1.10. The highest BCUT2D eigenvalue weighted by atomic mass is 35.5. The largest absolute Gasteiger partial charge is 0.484 e. The van der Waals surface area contributed by atoms with Gasteiger partial charge in [-0.25, -0.2) is 4.98 Å². The second-order valence-electron chi connectivity index (χ2n) is 2.88. The van der Waals surface area contributed by atoms with Crippen LogP contribution in [0.3, 0.4) is 0 Å². The van der Waals surface area contributed by atoms with Gasteiger partial charge < -0.3 is 14.9 Å². The van der Waals surface area contributed by atoms with Crippen molar-refractivity contribution in [2.45, 2.75) is 6.61 Å². The first-order chi connectivity index (χ1) is 7.25. The molecule has 0 spiro atoms. The quantitative estimate of drug-likeness (QED) is 0.870. The topological polar surface area (TPSA) is 61.3 Å². The van der Waals surface area contributed by atoms with E-state index in [0.717, 1.165) is 0 Å². The zero-order chi connectivity index (χ0) is 10.7. The molecule has 0 saturated carbocycles. The maximum absolute atomic E-state index is 5.90. The SMILES string of the molecule is Nc1ncc(COc2ccccc2Cl)o1. The van der Waals surface area contributed by atoms with E-state index in [1.807, 2.05) is 12.1 Å². The van der Waals surface area contributed by atoms with Crippen LogP contribution in [0.2, 0.25) is 5.02 Å². The van der Waals surface area contributed by atoms with Crippen molar-refractivity contribution in [2.24, 2.45) is 0 Å². The Morgan fingerprint density at radius 1 is 1.40 bits per heavy atom. The molecule has 2 rings (SSSR count). The van der Waals surface area contributed by atoms with E-state index in [4.69, 9.17) is 26.5 Å². The molecule has 0 atom stereocenters. The van der Waals surface area contributed by atoms with Crippen molar-refractivity contribution in [1.82, 2.24) is 4.98 Å². The molecule has 2 N–H and O–H groups in total. The smallest absolute Gasteiger partial charge is 0.292 e. The first-order valence-corrected chi connectivity index (χ1v) is 4.71. The Kier molecular flexibility index (Phi) is 2.78. The van der Waals surface area contributed by atoms with Gasteiger partial charge in [0.1, 0.15) is 12.4 Å². The average molecular weight is 225 g/mol. The van der Waals surface area contributed by atoms with E-state index in [1.165, 1.54) is 6.20 Å². The van der Waals surface area contributed by atoms with Crippen LogP contribution in [-0.4, -0.2) is 4.98 Å². The highest BCUT2D eigenvalue weighted by Crippen LogP contribution is 2.24. The van der Waals surface area contributed by atoms with Crippen molar-refractivity contribution < 1.29 is 9.15 Å². The van der Waals surface area contributed by atoms with Crippen LogP contribution in [0.25, 0.3) is 0 Å². The lowest BCUT2D eigenvalue weighted by Crippen LogP contribution is -1.94. The molecule has 0 unspecified atom stereocenters. The maximum atomic E-state index is 5.90. The zero-order valence-corrected chi connectivity index (χ0v) is 8.57. The molecule has 2 aromatic rings. The van der Waals surface area contributed by atoms with E-state index < -0.39 is 0 Å². The molecule has 1 aromatic carbocycles. The number of para-hydroxylation sites is 1. The summed E-state index contributed by atoms with van der Waals surface area (Å²) in [5, 5.41) is 0.560. The molecule has 0 bridgehead atoms. The zero-order valence-electron chi connectivity index (χ0n) is 7.81. The van der Waals surface area contributed by atoms with Gasteiger partial charge in [0.2, 0.25) is 0 Å². The molecule has 0 amide bonds. The molecule has 0 aliphatic rings. The van der Waals surface area contributed by atoms with Gasteiger partial charge in [-0.3, -0.25) is 0 Å². The minimum absolute atomic E-state index is 0.132. The van der Waals surface area contributed by atoms with Crippen LogP contribution in [0.5, 0.6) is 5.75 Å². The van der Waals surface area contributed by atoms with Crippen LogP contribution in [-0.2, 0) is 6.61 Å². The fourth-order valence-corrected chi connectivity index (χ4v) is 1.29. The Balaban J connectivity index is 2.02. The maximum Gasteiger partial charge on any atom is 0.292 e. The van der Waals surface area contributed by atoms with Gasteiger partial charge in [-0.15, -0.1) is 0 Å². The van der Waals surface area contributed by atoms with Gasteiger partial charge in [-0.05, 0) is 12.1 Å². The van der Waals surface area contributed by atoms with Gasteiger partial charge in [-0.2, -0.15) is 0 Å². The molecular weight excluding hydrogens is 216 g/mol. The third-order valence-electron chi connectivity index (χ3n) is 1.78. The molecule has 0 aliphatic heterocycles. The summed E-state index contributed by atoms with van der Waals surface area (Å²) in [6.07, 6.45) is 1.52. The van der Waals surface area contributed by atoms with Crippen LogP contribution in [0.4, 0.5) is 6.01 Å². The summed E-state index contributed by atoms with van der Waals surface area (Å²) in [4.78, 5) is 3.75. The van der Waals surface area contributed by atoms with E-state index in [-0.39, 0.29) is 12.6 Å². The summed E-state index contributed by atoms with van der Waals surface area (Å²) in [6.45, 7) is 0.258. The number of rotatable bonds is 3. The number of hydrogen-bond donors (Lipinski definition) is 1. The summed E-state index contributed by atoms with van der Waals surface area (Å²) in [5.74, 6) is 1.17. The number of halogens is 1. The molecule has 0 aliphatic carbocycles. The number of nitrogen functional groups attached to an aromatic ring is 1. The monoisotopic (exact) mass is 224 g/mol. The molecule has 0 fully saturated rings. The molecular formula is C10H9ClN2O2. The minimum atomic E-state index is 0.132.